The lowest BCUT2D eigenvalue weighted by Gasteiger charge is -2.24. The van der Waals surface area contributed by atoms with Crippen LogP contribution in [0.15, 0.2) is 115 Å². The van der Waals surface area contributed by atoms with E-state index in [1.807, 2.05) is 48.5 Å². The lowest BCUT2D eigenvalue weighted by molar-refractivity contribution is -0.122. The summed E-state index contributed by atoms with van der Waals surface area (Å²) in [4.78, 5) is 14.3. The first-order chi connectivity index (χ1) is 16.4. The van der Waals surface area contributed by atoms with Crippen molar-refractivity contribution >= 4 is 69.5 Å². The van der Waals surface area contributed by atoms with E-state index < -0.39 is 0 Å². The summed E-state index contributed by atoms with van der Waals surface area (Å²) in [5.41, 5.74) is 4.36. The van der Waals surface area contributed by atoms with Crippen LogP contribution in [0.5, 0.6) is 0 Å². The zero-order valence-electron chi connectivity index (χ0n) is 18.2. The quantitative estimate of drug-likeness (QED) is 0.179. The van der Waals surface area contributed by atoms with Gasteiger partial charge in [0.1, 0.15) is 5.78 Å². The van der Waals surface area contributed by atoms with Gasteiger partial charge in [0, 0.05) is 29.7 Å². The van der Waals surface area contributed by atoms with Gasteiger partial charge in [0.15, 0.2) is 0 Å². The van der Waals surface area contributed by atoms with Crippen LogP contribution in [0.4, 0.5) is 0 Å². The Morgan fingerprint density at radius 1 is 0.471 bits per heavy atom. The Labute approximate surface area is 234 Å². The molecule has 172 valence electrons. The topological polar surface area (TPSA) is 17.1 Å². The summed E-state index contributed by atoms with van der Waals surface area (Å²) in [6, 6.07) is 32.8. The SMILES string of the molecule is O=C(C(Cc1ccc(Br)cc1)c1ccc(Br)cc1)C(Cc1ccc(Br)cc1)c1ccc(Br)cc1. The Morgan fingerprint density at radius 2 is 0.735 bits per heavy atom. The third kappa shape index (κ3) is 6.78. The molecule has 0 aliphatic carbocycles. The predicted octanol–water partition coefficient (Wildman–Crippen LogP) is 9.66. The Balaban J connectivity index is 1.74. The van der Waals surface area contributed by atoms with E-state index in [1.54, 1.807) is 0 Å². The van der Waals surface area contributed by atoms with E-state index in [0.29, 0.717) is 12.8 Å². The largest absolute Gasteiger partial charge is 0.298 e. The van der Waals surface area contributed by atoms with Crippen LogP contribution in [0.3, 0.4) is 0 Å². The second-order valence-electron chi connectivity index (χ2n) is 8.27. The van der Waals surface area contributed by atoms with Crippen LogP contribution < -0.4 is 0 Å². The number of carbonyl (C=O) groups is 1. The molecule has 5 heteroatoms. The van der Waals surface area contributed by atoms with Gasteiger partial charge in [-0.1, -0.05) is 112 Å². The average molecular weight is 706 g/mol. The molecule has 4 rings (SSSR count). The smallest absolute Gasteiger partial charge is 0.148 e. The number of ketones is 1. The molecule has 0 radical (unpaired) electrons. The van der Waals surface area contributed by atoms with Crippen molar-refractivity contribution in [3.8, 4) is 0 Å². The molecule has 0 heterocycles. The van der Waals surface area contributed by atoms with Crippen LogP contribution in [0.25, 0.3) is 0 Å². The standard InChI is InChI=1S/C29H22Br4O/c30-23-9-1-19(2-10-23)17-27(21-5-13-25(32)14-6-21)29(34)28(22-7-15-26(33)16-8-22)18-20-3-11-24(31)12-4-20/h1-16,27-28H,17-18H2. The van der Waals surface area contributed by atoms with Gasteiger partial charge in [-0.2, -0.15) is 0 Å². The zero-order chi connectivity index (χ0) is 24.1. The second-order valence-corrected chi connectivity index (χ2v) is 11.9. The molecular formula is C29H22Br4O. The van der Waals surface area contributed by atoms with E-state index in [-0.39, 0.29) is 17.6 Å². The van der Waals surface area contributed by atoms with Crippen molar-refractivity contribution in [2.24, 2.45) is 0 Å². The Bertz CT molecular complexity index is 1130. The zero-order valence-corrected chi connectivity index (χ0v) is 24.6. The number of Topliss-reactive ketones (excluding diaryl/α,β-unsaturated/α-hetero) is 1. The molecular weight excluding hydrogens is 684 g/mol. The highest BCUT2D eigenvalue weighted by atomic mass is 79.9. The van der Waals surface area contributed by atoms with E-state index >= 15 is 0 Å². The van der Waals surface area contributed by atoms with Crippen LogP contribution >= 0.6 is 63.7 Å². The van der Waals surface area contributed by atoms with Crippen LogP contribution in [0.2, 0.25) is 0 Å². The normalized spacial score (nSPS) is 12.8. The molecule has 0 aliphatic rings. The Morgan fingerprint density at radius 3 is 1.03 bits per heavy atom. The summed E-state index contributed by atoms with van der Waals surface area (Å²) in [6.45, 7) is 0. The molecule has 0 aliphatic heterocycles. The summed E-state index contributed by atoms with van der Waals surface area (Å²) in [6.07, 6.45) is 1.31. The molecule has 2 unspecified atom stereocenters. The van der Waals surface area contributed by atoms with Crippen molar-refractivity contribution in [1.29, 1.82) is 0 Å². The number of rotatable bonds is 8. The van der Waals surface area contributed by atoms with Gasteiger partial charge < -0.3 is 0 Å². The van der Waals surface area contributed by atoms with Crippen LogP contribution in [-0.2, 0) is 17.6 Å². The highest BCUT2D eigenvalue weighted by molar-refractivity contribution is 9.11. The van der Waals surface area contributed by atoms with E-state index in [1.165, 1.54) is 0 Å². The molecule has 0 saturated heterocycles. The lowest BCUT2D eigenvalue weighted by Crippen LogP contribution is -2.24. The molecule has 0 amide bonds. The molecule has 34 heavy (non-hydrogen) atoms. The van der Waals surface area contributed by atoms with E-state index in [0.717, 1.165) is 40.1 Å². The van der Waals surface area contributed by atoms with E-state index in [9.17, 15) is 4.79 Å². The first-order valence-corrected chi connectivity index (χ1v) is 14.1. The molecule has 0 spiro atoms. The lowest BCUT2D eigenvalue weighted by atomic mass is 9.78. The maximum absolute atomic E-state index is 14.3. The minimum absolute atomic E-state index is 0.232. The van der Waals surface area contributed by atoms with Crippen molar-refractivity contribution in [3.05, 3.63) is 137 Å². The predicted molar refractivity (Wildman–Crippen MR) is 154 cm³/mol. The highest BCUT2D eigenvalue weighted by Crippen LogP contribution is 2.33. The molecule has 0 bridgehead atoms. The number of hydrogen-bond acceptors (Lipinski definition) is 1. The molecule has 0 N–H and O–H groups in total. The molecule has 0 aromatic heterocycles. The van der Waals surface area contributed by atoms with Crippen molar-refractivity contribution in [2.45, 2.75) is 24.7 Å². The third-order valence-electron chi connectivity index (χ3n) is 5.94. The molecule has 4 aromatic rings. The van der Waals surface area contributed by atoms with Crippen LogP contribution in [0, 0.1) is 0 Å². The van der Waals surface area contributed by atoms with Gasteiger partial charge in [0.05, 0.1) is 0 Å². The maximum Gasteiger partial charge on any atom is 0.148 e. The molecule has 1 nitrogen and oxygen atoms in total. The number of halogens is 4. The Hall–Kier alpha value is -1.53. The first-order valence-electron chi connectivity index (χ1n) is 10.9. The van der Waals surface area contributed by atoms with Crippen LogP contribution in [0.1, 0.15) is 34.1 Å². The minimum atomic E-state index is -0.252. The molecule has 0 fully saturated rings. The first kappa shape index (κ1) is 25.6. The van der Waals surface area contributed by atoms with E-state index in [4.69, 9.17) is 0 Å². The van der Waals surface area contributed by atoms with Gasteiger partial charge in [0.2, 0.25) is 0 Å². The highest BCUT2D eigenvalue weighted by Gasteiger charge is 2.30. The summed E-state index contributed by atoms with van der Waals surface area (Å²) in [5.74, 6) is -0.271. The van der Waals surface area contributed by atoms with Gasteiger partial charge in [-0.3, -0.25) is 4.79 Å². The minimum Gasteiger partial charge on any atom is -0.298 e. The third-order valence-corrected chi connectivity index (χ3v) is 8.05. The summed E-state index contributed by atoms with van der Waals surface area (Å²) >= 11 is 14.1. The van der Waals surface area contributed by atoms with Gasteiger partial charge in [-0.15, -0.1) is 0 Å². The fourth-order valence-corrected chi connectivity index (χ4v) is 5.17. The second kappa shape index (κ2) is 11.9. The molecule has 0 saturated carbocycles. The van der Waals surface area contributed by atoms with Crippen molar-refractivity contribution in [1.82, 2.24) is 0 Å². The number of benzene rings is 4. The van der Waals surface area contributed by atoms with Gasteiger partial charge >= 0.3 is 0 Å². The summed E-state index contributed by atoms with van der Waals surface area (Å²) in [5, 5.41) is 0. The fraction of sp³-hybridized carbons (Fsp3) is 0.138. The number of hydrogen-bond donors (Lipinski definition) is 0. The van der Waals surface area contributed by atoms with E-state index in [2.05, 4.69) is 112 Å². The van der Waals surface area contributed by atoms with Crippen molar-refractivity contribution < 1.29 is 4.79 Å². The summed E-state index contributed by atoms with van der Waals surface area (Å²) < 4.78 is 4.08. The molecule has 4 aromatic carbocycles. The number of carbonyl (C=O) groups excluding carboxylic acids is 1. The Kier molecular flexibility index (Phi) is 8.97. The van der Waals surface area contributed by atoms with Gasteiger partial charge in [-0.05, 0) is 83.6 Å². The van der Waals surface area contributed by atoms with Gasteiger partial charge in [-0.25, -0.2) is 0 Å². The maximum atomic E-state index is 14.3. The monoisotopic (exact) mass is 702 g/mol. The molecule has 2 atom stereocenters. The van der Waals surface area contributed by atoms with Crippen molar-refractivity contribution in [3.63, 3.8) is 0 Å². The van der Waals surface area contributed by atoms with Crippen molar-refractivity contribution in [2.75, 3.05) is 0 Å². The summed E-state index contributed by atoms with van der Waals surface area (Å²) in [7, 11) is 0. The van der Waals surface area contributed by atoms with Crippen LogP contribution in [-0.4, -0.2) is 5.78 Å². The van der Waals surface area contributed by atoms with Gasteiger partial charge in [0.25, 0.3) is 0 Å². The average Bonchev–Trinajstić information content (AvgIpc) is 2.84. The fourth-order valence-electron chi connectivity index (χ4n) is 4.11.